The van der Waals surface area contributed by atoms with E-state index in [4.69, 9.17) is 5.26 Å². The summed E-state index contributed by atoms with van der Waals surface area (Å²) in [5.41, 5.74) is 1.81. The summed E-state index contributed by atoms with van der Waals surface area (Å²) in [6, 6.07) is 12.0. The van der Waals surface area contributed by atoms with Gasteiger partial charge in [-0.25, -0.2) is 4.98 Å². The fourth-order valence-corrected chi connectivity index (χ4v) is 1.72. The topological polar surface area (TPSA) is 65.8 Å². The highest BCUT2D eigenvalue weighted by atomic mass is 79.9. The van der Waals surface area contributed by atoms with Gasteiger partial charge in [0.15, 0.2) is 0 Å². The molecule has 0 atom stereocenters. The van der Waals surface area contributed by atoms with Crippen molar-refractivity contribution >= 4 is 27.7 Å². The third-order valence-corrected chi connectivity index (χ3v) is 3.38. The maximum atomic E-state index is 12.0. The van der Waals surface area contributed by atoms with E-state index in [1.165, 1.54) is 0 Å². The van der Waals surface area contributed by atoms with E-state index in [9.17, 15) is 4.79 Å². The Kier molecular flexibility index (Phi) is 3.93. The van der Waals surface area contributed by atoms with Crippen molar-refractivity contribution in [3.8, 4) is 6.07 Å². The molecule has 0 bridgehead atoms. The number of benzene rings is 1. The van der Waals surface area contributed by atoms with Crippen LogP contribution in [0.2, 0.25) is 0 Å². The zero-order valence-electron chi connectivity index (χ0n) is 10.1. The lowest BCUT2D eigenvalue weighted by molar-refractivity contribution is 0.102. The number of hydrogen-bond acceptors (Lipinski definition) is 3. The number of rotatable bonds is 2. The molecular formula is C14H10BrN3O. The monoisotopic (exact) mass is 315 g/mol. The summed E-state index contributed by atoms with van der Waals surface area (Å²) in [5, 5.41) is 11.4. The maximum Gasteiger partial charge on any atom is 0.256 e. The molecule has 5 heteroatoms. The summed E-state index contributed by atoms with van der Waals surface area (Å²) in [6.07, 6.45) is 0. The lowest BCUT2D eigenvalue weighted by atomic mass is 10.1. The van der Waals surface area contributed by atoms with E-state index < -0.39 is 0 Å². The van der Waals surface area contributed by atoms with Crippen LogP contribution in [-0.2, 0) is 0 Å². The fraction of sp³-hybridized carbons (Fsp3) is 0.0714. The lowest BCUT2D eigenvalue weighted by Crippen LogP contribution is -2.13. The molecular weight excluding hydrogens is 306 g/mol. The first-order valence-corrected chi connectivity index (χ1v) is 6.34. The summed E-state index contributed by atoms with van der Waals surface area (Å²) in [5.74, 6) is 0.244. The second-order valence-corrected chi connectivity index (χ2v) is 4.76. The molecule has 1 aromatic carbocycles. The second-order valence-electron chi connectivity index (χ2n) is 3.91. The van der Waals surface area contributed by atoms with Crippen LogP contribution in [0.25, 0.3) is 0 Å². The van der Waals surface area contributed by atoms with E-state index in [1.54, 1.807) is 30.3 Å². The normalized spacial score (nSPS) is 9.74. The van der Waals surface area contributed by atoms with Gasteiger partial charge in [-0.1, -0.05) is 0 Å². The number of carbonyl (C=O) groups is 1. The van der Waals surface area contributed by atoms with Gasteiger partial charge in [-0.2, -0.15) is 5.26 Å². The Balaban J connectivity index is 2.16. The molecule has 2 aromatic rings. The van der Waals surface area contributed by atoms with Gasteiger partial charge in [-0.15, -0.1) is 0 Å². The Morgan fingerprint density at radius 2 is 1.95 bits per heavy atom. The van der Waals surface area contributed by atoms with Crippen molar-refractivity contribution in [2.45, 2.75) is 6.92 Å². The molecule has 0 unspecified atom stereocenters. The van der Waals surface area contributed by atoms with Gasteiger partial charge in [-0.05, 0) is 59.3 Å². The van der Waals surface area contributed by atoms with Crippen LogP contribution in [0.1, 0.15) is 21.6 Å². The van der Waals surface area contributed by atoms with Gasteiger partial charge in [0.2, 0.25) is 0 Å². The molecule has 1 heterocycles. The largest absolute Gasteiger partial charge is 0.307 e. The number of aromatic nitrogens is 1. The number of carbonyl (C=O) groups excluding carboxylic acids is 1. The molecule has 19 heavy (non-hydrogen) atoms. The predicted octanol–water partition coefficient (Wildman–Crippen LogP) is 3.28. The van der Waals surface area contributed by atoms with E-state index in [2.05, 4.69) is 26.2 Å². The van der Waals surface area contributed by atoms with Crippen molar-refractivity contribution < 1.29 is 4.79 Å². The van der Waals surface area contributed by atoms with Crippen LogP contribution in [-0.4, -0.2) is 10.9 Å². The van der Waals surface area contributed by atoms with Crippen LogP contribution in [0.15, 0.2) is 40.9 Å². The minimum Gasteiger partial charge on any atom is -0.307 e. The molecule has 0 saturated heterocycles. The summed E-state index contributed by atoms with van der Waals surface area (Å²) in [4.78, 5) is 16.2. The zero-order chi connectivity index (χ0) is 13.8. The molecule has 0 saturated carbocycles. The highest BCUT2D eigenvalue weighted by Crippen LogP contribution is 2.16. The Bertz CT molecular complexity index is 659. The SMILES string of the molecule is Cc1nc(NC(=O)c2ccc(C#N)cc2)ccc1Br. The predicted molar refractivity (Wildman–Crippen MR) is 75.8 cm³/mol. The van der Waals surface area contributed by atoms with Crippen LogP contribution in [0, 0.1) is 18.3 Å². The highest BCUT2D eigenvalue weighted by molar-refractivity contribution is 9.10. The van der Waals surface area contributed by atoms with Crippen LogP contribution in [0.5, 0.6) is 0 Å². The molecule has 0 radical (unpaired) electrons. The molecule has 94 valence electrons. The van der Waals surface area contributed by atoms with E-state index in [0.717, 1.165) is 10.2 Å². The average molecular weight is 316 g/mol. The van der Waals surface area contributed by atoms with Crippen molar-refractivity contribution in [2.75, 3.05) is 5.32 Å². The number of hydrogen-bond donors (Lipinski definition) is 1. The third-order valence-electron chi connectivity index (χ3n) is 2.54. The summed E-state index contributed by atoms with van der Waals surface area (Å²) < 4.78 is 0.892. The molecule has 0 aliphatic heterocycles. The quantitative estimate of drug-likeness (QED) is 0.924. The maximum absolute atomic E-state index is 12.0. The van der Waals surface area contributed by atoms with Gasteiger partial charge in [0.25, 0.3) is 5.91 Å². The summed E-state index contributed by atoms with van der Waals surface area (Å²) in [7, 11) is 0. The van der Waals surface area contributed by atoms with Crippen molar-refractivity contribution in [3.63, 3.8) is 0 Å². The Morgan fingerprint density at radius 1 is 1.26 bits per heavy atom. The van der Waals surface area contributed by atoms with Crippen LogP contribution in [0.3, 0.4) is 0 Å². The molecule has 0 aliphatic carbocycles. The minimum absolute atomic E-state index is 0.251. The smallest absolute Gasteiger partial charge is 0.256 e. The zero-order valence-corrected chi connectivity index (χ0v) is 11.7. The van der Waals surface area contributed by atoms with Crippen LogP contribution in [0.4, 0.5) is 5.82 Å². The Morgan fingerprint density at radius 3 is 2.53 bits per heavy atom. The van der Waals surface area contributed by atoms with Crippen LogP contribution >= 0.6 is 15.9 Å². The first-order chi connectivity index (χ1) is 9.10. The molecule has 0 aliphatic rings. The van der Waals surface area contributed by atoms with Gasteiger partial charge in [-0.3, -0.25) is 4.79 Å². The first-order valence-electron chi connectivity index (χ1n) is 5.55. The van der Waals surface area contributed by atoms with Gasteiger partial charge in [0, 0.05) is 10.0 Å². The number of halogens is 1. The number of nitrogens with one attached hydrogen (secondary N) is 1. The van der Waals surface area contributed by atoms with E-state index >= 15 is 0 Å². The number of pyridine rings is 1. The number of nitriles is 1. The lowest BCUT2D eigenvalue weighted by Gasteiger charge is -2.06. The highest BCUT2D eigenvalue weighted by Gasteiger charge is 2.07. The van der Waals surface area contributed by atoms with Crippen molar-refractivity contribution in [1.82, 2.24) is 4.98 Å². The van der Waals surface area contributed by atoms with Crippen molar-refractivity contribution in [2.24, 2.45) is 0 Å². The number of nitrogens with zero attached hydrogens (tertiary/aromatic N) is 2. The van der Waals surface area contributed by atoms with Gasteiger partial charge in [0.1, 0.15) is 5.82 Å². The number of amides is 1. The molecule has 1 amide bonds. The number of aryl methyl sites for hydroxylation is 1. The van der Waals surface area contributed by atoms with Crippen molar-refractivity contribution in [3.05, 3.63) is 57.7 Å². The fourth-order valence-electron chi connectivity index (χ4n) is 1.50. The van der Waals surface area contributed by atoms with Gasteiger partial charge < -0.3 is 5.32 Å². The number of anilines is 1. The molecule has 1 N–H and O–H groups in total. The third kappa shape index (κ3) is 3.18. The Hall–Kier alpha value is -2.19. The van der Waals surface area contributed by atoms with E-state index in [-0.39, 0.29) is 5.91 Å². The van der Waals surface area contributed by atoms with E-state index in [0.29, 0.717) is 16.9 Å². The summed E-state index contributed by atoms with van der Waals surface area (Å²) >= 11 is 3.35. The van der Waals surface area contributed by atoms with Gasteiger partial charge in [0.05, 0.1) is 17.3 Å². The molecule has 2 rings (SSSR count). The van der Waals surface area contributed by atoms with E-state index in [1.807, 2.05) is 19.1 Å². The van der Waals surface area contributed by atoms with Crippen LogP contribution < -0.4 is 5.32 Å². The molecule has 4 nitrogen and oxygen atoms in total. The average Bonchev–Trinajstić information content (AvgIpc) is 2.43. The second kappa shape index (κ2) is 5.63. The standard InChI is InChI=1S/C14H10BrN3O/c1-9-12(15)6-7-13(17-9)18-14(19)11-4-2-10(8-16)3-5-11/h2-7H,1H3,(H,17,18,19). The molecule has 0 spiro atoms. The molecule has 1 aromatic heterocycles. The van der Waals surface area contributed by atoms with Crippen molar-refractivity contribution in [1.29, 1.82) is 5.26 Å². The minimum atomic E-state index is -0.251. The molecule has 0 fully saturated rings. The first kappa shape index (κ1) is 13.2. The Labute approximate surface area is 119 Å². The summed E-state index contributed by atoms with van der Waals surface area (Å²) in [6.45, 7) is 1.85. The van der Waals surface area contributed by atoms with Gasteiger partial charge >= 0.3 is 0 Å².